The Kier molecular flexibility index (Phi) is 6.63. The fourth-order valence-corrected chi connectivity index (χ4v) is 3.20. The molecule has 1 aromatic carbocycles. The Bertz CT molecular complexity index is 649. The van der Waals surface area contributed by atoms with Crippen molar-refractivity contribution < 1.29 is 27.9 Å². The highest BCUT2D eigenvalue weighted by Gasteiger charge is 2.31. The predicted molar refractivity (Wildman–Crippen MR) is 90.7 cm³/mol. The summed E-state index contributed by atoms with van der Waals surface area (Å²) in [4.78, 5) is 25.1. The molecule has 0 saturated carbocycles. The van der Waals surface area contributed by atoms with Crippen LogP contribution in [0.25, 0.3) is 0 Å². The van der Waals surface area contributed by atoms with Gasteiger partial charge in [-0.1, -0.05) is 6.07 Å². The highest BCUT2D eigenvalue weighted by Crippen LogP contribution is 2.31. The minimum Gasteiger partial charge on any atom is -0.481 e. The van der Waals surface area contributed by atoms with Gasteiger partial charge in [-0.3, -0.25) is 14.5 Å². The number of likely N-dealkylation sites (tertiary alicyclic amines) is 1. The molecule has 144 valence electrons. The summed E-state index contributed by atoms with van der Waals surface area (Å²) in [5.41, 5.74) is -0.703. The summed E-state index contributed by atoms with van der Waals surface area (Å²) in [6.45, 7) is 3.04. The first kappa shape index (κ1) is 20.2. The van der Waals surface area contributed by atoms with E-state index in [0.717, 1.165) is 25.0 Å². The smallest absolute Gasteiger partial charge is 0.416 e. The van der Waals surface area contributed by atoms with Crippen LogP contribution in [0.3, 0.4) is 0 Å². The van der Waals surface area contributed by atoms with Crippen LogP contribution < -0.4 is 5.32 Å². The number of rotatable bonds is 6. The molecular formula is C18H23F3N2O3. The summed E-state index contributed by atoms with van der Waals surface area (Å²) in [6.07, 6.45) is -2.01. The number of benzene rings is 1. The zero-order chi connectivity index (χ0) is 19.3. The van der Waals surface area contributed by atoms with Gasteiger partial charge in [0.1, 0.15) is 0 Å². The Balaban J connectivity index is 1.95. The first-order valence-corrected chi connectivity index (χ1v) is 8.61. The molecule has 2 N–H and O–H groups in total. The number of amides is 1. The number of carboxylic acids is 1. The SMILES string of the molecule is CC(C(=O)Nc1cccc(C(F)(F)F)c1)N1CCCC(CCC(=O)O)C1. The molecule has 26 heavy (non-hydrogen) atoms. The minimum atomic E-state index is -4.46. The van der Waals surface area contributed by atoms with Crippen LogP contribution in [0.4, 0.5) is 18.9 Å². The first-order chi connectivity index (χ1) is 12.2. The molecular weight excluding hydrogens is 349 g/mol. The zero-order valence-electron chi connectivity index (χ0n) is 14.6. The van der Waals surface area contributed by atoms with Crippen molar-refractivity contribution in [2.45, 2.75) is 44.8 Å². The van der Waals surface area contributed by atoms with Crippen molar-refractivity contribution >= 4 is 17.6 Å². The van der Waals surface area contributed by atoms with Gasteiger partial charge in [-0.05, 0) is 56.8 Å². The van der Waals surface area contributed by atoms with Crippen LogP contribution in [-0.2, 0) is 15.8 Å². The second-order valence-electron chi connectivity index (χ2n) is 6.68. The van der Waals surface area contributed by atoms with E-state index in [0.29, 0.717) is 19.5 Å². The van der Waals surface area contributed by atoms with Gasteiger partial charge in [-0.15, -0.1) is 0 Å². The third-order valence-corrected chi connectivity index (χ3v) is 4.70. The summed E-state index contributed by atoms with van der Waals surface area (Å²) in [7, 11) is 0. The molecule has 0 bridgehead atoms. The molecule has 0 aliphatic carbocycles. The van der Waals surface area contributed by atoms with Crippen LogP contribution in [0, 0.1) is 5.92 Å². The fraction of sp³-hybridized carbons (Fsp3) is 0.556. The second-order valence-corrected chi connectivity index (χ2v) is 6.68. The lowest BCUT2D eigenvalue weighted by atomic mass is 9.92. The molecule has 1 aromatic rings. The van der Waals surface area contributed by atoms with Crippen LogP contribution in [0.5, 0.6) is 0 Å². The second kappa shape index (κ2) is 8.53. The van der Waals surface area contributed by atoms with E-state index >= 15 is 0 Å². The molecule has 5 nitrogen and oxygen atoms in total. The molecule has 2 rings (SSSR count). The number of alkyl halides is 3. The number of halogens is 3. The lowest BCUT2D eigenvalue weighted by molar-refractivity contribution is -0.138. The van der Waals surface area contributed by atoms with Gasteiger partial charge in [-0.25, -0.2) is 0 Å². The summed E-state index contributed by atoms with van der Waals surface area (Å²) >= 11 is 0. The monoisotopic (exact) mass is 372 g/mol. The Hall–Kier alpha value is -2.09. The number of nitrogens with one attached hydrogen (secondary N) is 1. The molecule has 1 fully saturated rings. The van der Waals surface area contributed by atoms with Crippen LogP contribution >= 0.6 is 0 Å². The van der Waals surface area contributed by atoms with Gasteiger partial charge >= 0.3 is 12.1 Å². The quantitative estimate of drug-likeness (QED) is 0.800. The van der Waals surface area contributed by atoms with Crippen LogP contribution in [-0.4, -0.2) is 41.0 Å². The van der Waals surface area contributed by atoms with Gasteiger partial charge in [0, 0.05) is 18.7 Å². The highest BCUT2D eigenvalue weighted by molar-refractivity contribution is 5.94. The Labute approximate surface area is 150 Å². The summed E-state index contributed by atoms with van der Waals surface area (Å²) in [5.74, 6) is -0.996. The maximum absolute atomic E-state index is 12.8. The zero-order valence-corrected chi connectivity index (χ0v) is 14.6. The van der Waals surface area contributed by atoms with Gasteiger partial charge in [-0.2, -0.15) is 13.2 Å². The number of nitrogens with zero attached hydrogens (tertiary/aromatic N) is 1. The minimum absolute atomic E-state index is 0.101. The maximum atomic E-state index is 12.8. The lowest BCUT2D eigenvalue weighted by Crippen LogP contribution is -2.47. The molecule has 1 heterocycles. The molecule has 0 aromatic heterocycles. The van der Waals surface area contributed by atoms with E-state index < -0.39 is 23.8 Å². The molecule has 8 heteroatoms. The number of aliphatic carboxylic acids is 1. The number of carboxylic acid groups (broad SMARTS) is 1. The topological polar surface area (TPSA) is 69.6 Å². The van der Waals surface area contributed by atoms with E-state index in [1.54, 1.807) is 6.92 Å². The average molecular weight is 372 g/mol. The normalized spacial score (nSPS) is 19.8. The number of carbonyl (C=O) groups excluding carboxylic acids is 1. The Morgan fingerprint density at radius 1 is 1.38 bits per heavy atom. The maximum Gasteiger partial charge on any atom is 0.416 e. The third kappa shape index (κ3) is 5.72. The van der Waals surface area contributed by atoms with Gasteiger partial charge in [0.25, 0.3) is 0 Å². The number of anilines is 1. The van der Waals surface area contributed by atoms with Gasteiger partial charge in [0.2, 0.25) is 5.91 Å². The molecule has 1 aliphatic rings. The molecule has 1 amide bonds. The van der Waals surface area contributed by atoms with E-state index in [1.807, 2.05) is 4.90 Å². The predicted octanol–water partition coefficient (Wildman–Crippen LogP) is 3.61. The molecule has 0 radical (unpaired) electrons. The molecule has 2 atom stereocenters. The van der Waals surface area contributed by atoms with E-state index in [9.17, 15) is 22.8 Å². The van der Waals surface area contributed by atoms with Crippen molar-refractivity contribution in [1.82, 2.24) is 4.90 Å². The molecule has 1 saturated heterocycles. The average Bonchev–Trinajstić information content (AvgIpc) is 2.59. The Morgan fingerprint density at radius 3 is 2.77 bits per heavy atom. The summed E-state index contributed by atoms with van der Waals surface area (Å²) in [5, 5.41) is 11.3. The van der Waals surface area contributed by atoms with Crippen molar-refractivity contribution in [1.29, 1.82) is 0 Å². The fourth-order valence-electron chi connectivity index (χ4n) is 3.20. The van der Waals surface area contributed by atoms with Crippen molar-refractivity contribution in [3.05, 3.63) is 29.8 Å². The van der Waals surface area contributed by atoms with Crippen LogP contribution in [0.2, 0.25) is 0 Å². The largest absolute Gasteiger partial charge is 0.481 e. The third-order valence-electron chi connectivity index (χ3n) is 4.70. The van der Waals surface area contributed by atoms with Crippen molar-refractivity contribution in [2.24, 2.45) is 5.92 Å². The van der Waals surface area contributed by atoms with E-state index in [1.165, 1.54) is 12.1 Å². The molecule has 0 spiro atoms. The number of piperidine rings is 1. The highest BCUT2D eigenvalue weighted by atomic mass is 19.4. The van der Waals surface area contributed by atoms with Gasteiger partial charge in [0.05, 0.1) is 11.6 Å². The van der Waals surface area contributed by atoms with Crippen molar-refractivity contribution in [3.8, 4) is 0 Å². The summed E-state index contributed by atoms with van der Waals surface area (Å²) < 4.78 is 38.3. The number of hydrogen-bond acceptors (Lipinski definition) is 3. The van der Waals surface area contributed by atoms with Crippen LogP contribution in [0.1, 0.15) is 38.2 Å². The van der Waals surface area contributed by atoms with Crippen molar-refractivity contribution in [2.75, 3.05) is 18.4 Å². The Morgan fingerprint density at radius 2 is 2.12 bits per heavy atom. The summed E-state index contributed by atoms with van der Waals surface area (Å²) in [6, 6.07) is 4.04. The molecule has 2 unspecified atom stereocenters. The molecule has 1 aliphatic heterocycles. The van der Waals surface area contributed by atoms with Crippen molar-refractivity contribution in [3.63, 3.8) is 0 Å². The van der Waals surface area contributed by atoms with Crippen LogP contribution in [0.15, 0.2) is 24.3 Å². The van der Waals surface area contributed by atoms with Gasteiger partial charge < -0.3 is 10.4 Å². The first-order valence-electron chi connectivity index (χ1n) is 8.61. The number of hydrogen-bond donors (Lipinski definition) is 2. The lowest BCUT2D eigenvalue weighted by Gasteiger charge is -2.36. The van der Waals surface area contributed by atoms with Gasteiger partial charge in [0.15, 0.2) is 0 Å². The van der Waals surface area contributed by atoms with E-state index in [-0.39, 0.29) is 23.9 Å². The van der Waals surface area contributed by atoms with E-state index in [2.05, 4.69) is 5.32 Å². The standard InChI is InChI=1S/C18H23F3N2O3/c1-12(23-9-3-4-13(11-23)7-8-16(24)25)17(26)22-15-6-2-5-14(10-15)18(19,20)21/h2,5-6,10,12-13H,3-4,7-9,11H2,1H3,(H,22,26)(H,24,25). The number of carbonyl (C=O) groups is 2. The van der Waals surface area contributed by atoms with E-state index in [4.69, 9.17) is 5.11 Å².